The normalized spacial score (nSPS) is 0. The van der Waals surface area contributed by atoms with Crippen molar-refractivity contribution in [1.29, 1.82) is 0 Å². The third-order valence-electron chi connectivity index (χ3n) is 0. The van der Waals surface area contributed by atoms with Gasteiger partial charge in [-0.2, -0.15) is 0 Å². The van der Waals surface area contributed by atoms with Gasteiger partial charge in [0.2, 0.25) is 0 Å². The van der Waals surface area contributed by atoms with Gasteiger partial charge in [-0.25, -0.2) is 0 Å². The molecule has 0 amide bonds. The number of halogens is 1. The summed E-state index contributed by atoms with van der Waals surface area (Å²) in [6, 6.07) is 0. The van der Waals surface area contributed by atoms with Gasteiger partial charge in [-0.3, -0.25) is 0 Å². The van der Waals surface area contributed by atoms with Crippen LogP contribution in [-0.2, 0) is 0 Å². The molecule has 6 heavy (non-hydrogen) atoms. The van der Waals surface area contributed by atoms with Crippen LogP contribution in [0.2, 0.25) is 0 Å². The molecule has 0 rings (SSSR count). The second kappa shape index (κ2) is 1100. The Bertz CT molecular complexity index is 14.0. The third-order valence-corrected chi connectivity index (χ3v) is 0. The standard InChI is InChI=1S/Be.ClH.4H2O.2H/h;1H;4*1H2;;/q+2;;;;;;2*-1. The van der Waals surface area contributed by atoms with Crippen LogP contribution in [0.5, 0.6) is 0 Å². The van der Waals surface area contributed by atoms with Crippen molar-refractivity contribution in [3.63, 3.8) is 0 Å². The van der Waals surface area contributed by atoms with E-state index in [0.717, 1.165) is 0 Å². The molecular weight excluding hydrogens is 108 g/mol. The van der Waals surface area contributed by atoms with Gasteiger partial charge in [0.05, 0.1) is 0 Å². The van der Waals surface area contributed by atoms with E-state index in [1.165, 1.54) is 0 Å². The first kappa shape index (κ1) is 1980. The summed E-state index contributed by atoms with van der Waals surface area (Å²) in [5.41, 5.74) is 0. The molecule has 0 saturated heterocycles. The molecular formula is H11BeClO4. The van der Waals surface area contributed by atoms with Crippen molar-refractivity contribution in [1.82, 2.24) is 0 Å². The number of rotatable bonds is 0. The molecule has 0 aromatic rings. The van der Waals surface area contributed by atoms with Crippen molar-refractivity contribution >= 4 is 22.5 Å². The molecule has 0 aliphatic rings. The molecule has 4 nitrogen and oxygen atoms in total. The van der Waals surface area contributed by atoms with E-state index in [1.807, 2.05) is 0 Å². The van der Waals surface area contributed by atoms with E-state index in [1.54, 1.807) is 0 Å². The second-order valence-corrected chi connectivity index (χ2v) is 0. The SMILES string of the molecule is Cl.O.O.O.O.[Be+2].[H-].[H-]. The summed E-state index contributed by atoms with van der Waals surface area (Å²) in [6.07, 6.45) is 0. The van der Waals surface area contributed by atoms with Gasteiger partial charge >= 0.3 is 10.1 Å². The summed E-state index contributed by atoms with van der Waals surface area (Å²) >= 11 is 0. The van der Waals surface area contributed by atoms with Gasteiger partial charge in [0.1, 0.15) is 0 Å². The van der Waals surface area contributed by atoms with E-state index < -0.39 is 0 Å². The Morgan fingerprint density at radius 1 is 0.667 bits per heavy atom. The van der Waals surface area contributed by atoms with E-state index in [-0.39, 0.29) is 47.3 Å². The molecule has 0 saturated carbocycles. The molecule has 0 aromatic carbocycles. The smallest absolute Gasteiger partial charge is 1.00 e. The Labute approximate surface area is 48.4 Å². The molecule has 44 valence electrons. The fraction of sp³-hybridized carbons (Fsp3) is 0. The summed E-state index contributed by atoms with van der Waals surface area (Å²) in [7, 11) is 0. The Morgan fingerprint density at radius 2 is 0.667 bits per heavy atom. The molecule has 0 unspecified atom stereocenters. The van der Waals surface area contributed by atoms with Gasteiger partial charge in [0, 0.05) is 0 Å². The first-order valence-corrected chi connectivity index (χ1v) is 0. The van der Waals surface area contributed by atoms with Crippen LogP contribution in [0.1, 0.15) is 2.85 Å². The first-order chi connectivity index (χ1) is 0. The van der Waals surface area contributed by atoms with Gasteiger partial charge in [-0.05, 0) is 0 Å². The van der Waals surface area contributed by atoms with Crippen molar-refractivity contribution in [3.05, 3.63) is 0 Å². The molecule has 0 aromatic heterocycles. The van der Waals surface area contributed by atoms with Crippen LogP contribution in [0.15, 0.2) is 0 Å². The van der Waals surface area contributed by atoms with Crippen LogP contribution >= 0.6 is 12.4 Å². The summed E-state index contributed by atoms with van der Waals surface area (Å²) in [5, 5.41) is 0. The van der Waals surface area contributed by atoms with Gasteiger partial charge in [-0.15, -0.1) is 12.4 Å². The molecule has 0 spiro atoms. The predicted octanol–water partition coefficient (Wildman–Crippen LogP) is -3.03. The third kappa shape index (κ3) is 524. The zero-order valence-corrected chi connectivity index (χ0v) is 3.93. The summed E-state index contributed by atoms with van der Waals surface area (Å²) in [4.78, 5) is 0. The van der Waals surface area contributed by atoms with Crippen molar-refractivity contribution < 1.29 is 24.8 Å². The Hall–Kier alpha value is 0.299. The van der Waals surface area contributed by atoms with E-state index in [2.05, 4.69) is 0 Å². The summed E-state index contributed by atoms with van der Waals surface area (Å²) in [5.74, 6) is 0. The number of hydrogen-bond donors (Lipinski definition) is 0. The monoisotopic (exact) mass is 119 g/mol. The molecule has 0 radical (unpaired) electrons. The predicted molar refractivity (Wildman–Crippen MR) is 29.7 cm³/mol. The summed E-state index contributed by atoms with van der Waals surface area (Å²) < 4.78 is 0. The molecule has 6 heteroatoms. The Kier molecular flexibility index (Phi) is 362000. The van der Waals surface area contributed by atoms with Crippen LogP contribution in [-0.4, -0.2) is 32.0 Å². The molecule has 0 atom stereocenters. The Balaban J connectivity index is 0. The van der Waals surface area contributed by atoms with Gasteiger partial charge in [-0.1, -0.05) is 0 Å². The van der Waals surface area contributed by atoms with Crippen molar-refractivity contribution in [3.8, 4) is 0 Å². The van der Waals surface area contributed by atoms with Gasteiger partial charge in [0.25, 0.3) is 0 Å². The van der Waals surface area contributed by atoms with Crippen LogP contribution in [0, 0.1) is 0 Å². The fourth-order valence-electron chi connectivity index (χ4n) is 0. The number of hydrogen-bond acceptors (Lipinski definition) is 0. The largest absolute Gasteiger partial charge is 2.00 e. The second-order valence-electron chi connectivity index (χ2n) is 0. The zero-order chi connectivity index (χ0) is 0. The van der Waals surface area contributed by atoms with Gasteiger partial charge in [0.15, 0.2) is 0 Å². The maximum absolute atomic E-state index is 0. The van der Waals surface area contributed by atoms with Crippen molar-refractivity contribution in [2.75, 3.05) is 0 Å². The minimum atomic E-state index is 0. The minimum Gasteiger partial charge on any atom is -1.00 e. The van der Waals surface area contributed by atoms with Crippen molar-refractivity contribution in [2.24, 2.45) is 0 Å². The average molecular weight is 120 g/mol. The van der Waals surface area contributed by atoms with E-state index in [9.17, 15) is 0 Å². The fourth-order valence-corrected chi connectivity index (χ4v) is 0. The van der Waals surface area contributed by atoms with Crippen molar-refractivity contribution in [2.45, 2.75) is 0 Å². The molecule has 0 aliphatic carbocycles. The maximum Gasteiger partial charge on any atom is 2.00 e. The van der Waals surface area contributed by atoms with Gasteiger partial charge < -0.3 is 24.8 Å². The zero-order valence-electron chi connectivity index (χ0n) is 5.12. The summed E-state index contributed by atoms with van der Waals surface area (Å²) in [6.45, 7) is 0. The van der Waals surface area contributed by atoms with E-state index >= 15 is 0 Å². The molecule has 0 fully saturated rings. The minimum absolute atomic E-state index is 0. The first-order valence-electron chi connectivity index (χ1n) is 0. The molecule has 8 N–H and O–H groups in total. The Morgan fingerprint density at radius 3 is 0.667 bits per heavy atom. The quantitative estimate of drug-likeness (QED) is 0.301. The van der Waals surface area contributed by atoms with Crippen LogP contribution < -0.4 is 0 Å². The maximum atomic E-state index is 0. The van der Waals surface area contributed by atoms with Crippen LogP contribution in [0.3, 0.4) is 0 Å². The molecule has 0 bridgehead atoms. The van der Waals surface area contributed by atoms with Crippen LogP contribution in [0.25, 0.3) is 0 Å². The molecule has 0 aliphatic heterocycles. The average Bonchev–Trinajstić information content (AvgIpc) is 0. The van der Waals surface area contributed by atoms with Crippen LogP contribution in [0.4, 0.5) is 0 Å². The van der Waals surface area contributed by atoms with E-state index in [4.69, 9.17) is 0 Å². The topological polar surface area (TPSA) is 126 Å². The van der Waals surface area contributed by atoms with E-state index in [0.29, 0.717) is 0 Å². The molecule has 0 heterocycles.